The van der Waals surface area contributed by atoms with E-state index < -0.39 is 59.1 Å². The molecule has 0 radical (unpaired) electrons. The predicted octanol–water partition coefficient (Wildman–Crippen LogP) is 4.36. The number of nitrogens with two attached hydrogens (primary N) is 1. The second-order valence-corrected chi connectivity index (χ2v) is 7.29. The molecular formula is C16H20BF6NO3. The van der Waals surface area contributed by atoms with E-state index in [4.69, 9.17) is 19.8 Å². The van der Waals surface area contributed by atoms with Gasteiger partial charge >= 0.3 is 19.5 Å². The summed E-state index contributed by atoms with van der Waals surface area (Å²) in [5, 5.41) is 0. The lowest BCUT2D eigenvalue weighted by atomic mass is 9.72. The van der Waals surface area contributed by atoms with Crippen molar-refractivity contribution in [3.05, 3.63) is 28.8 Å². The highest BCUT2D eigenvalue weighted by atomic mass is 19.4. The van der Waals surface area contributed by atoms with Gasteiger partial charge in [-0.05, 0) is 39.8 Å². The van der Waals surface area contributed by atoms with Crippen LogP contribution in [0.2, 0.25) is 0 Å². The van der Waals surface area contributed by atoms with E-state index in [-0.39, 0.29) is 6.07 Å². The van der Waals surface area contributed by atoms with Crippen molar-refractivity contribution in [2.75, 3.05) is 7.11 Å². The summed E-state index contributed by atoms with van der Waals surface area (Å²) in [5.74, 6) is -2.17. The summed E-state index contributed by atoms with van der Waals surface area (Å²) in [6.07, 6.45) is -10.1. The minimum atomic E-state index is -5.09. The molecule has 1 aliphatic heterocycles. The van der Waals surface area contributed by atoms with Gasteiger partial charge in [0.2, 0.25) is 0 Å². The maximum Gasteiger partial charge on any atom is 0.480 e. The third-order valence-corrected chi connectivity index (χ3v) is 4.89. The second kappa shape index (κ2) is 6.56. The SMILES string of the molecule is COc1cc(C(F)(F)F)cc(C(F)(F)F)c1[C@@H](N)B1OC(C)(C)C(C)(C)O1. The Labute approximate surface area is 153 Å². The van der Waals surface area contributed by atoms with Crippen LogP contribution in [-0.4, -0.2) is 25.4 Å². The Balaban J connectivity index is 2.62. The predicted molar refractivity (Wildman–Crippen MR) is 86.0 cm³/mol. The van der Waals surface area contributed by atoms with Crippen LogP contribution < -0.4 is 10.5 Å². The standard InChI is InChI=1S/C16H20BF6NO3/c1-13(2)14(3,4)27-17(26-13)12(24)11-9(16(21,22)23)6-8(15(18,19)20)7-10(11)25-5/h6-7,12H,24H2,1-5H3/t12-/m1/s1. The number of methoxy groups -OCH3 is 1. The highest BCUT2D eigenvalue weighted by molar-refractivity contribution is 6.47. The number of hydrogen-bond acceptors (Lipinski definition) is 4. The molecule has 2 rings (SSSR count). The van der Waals surface area contributed by atoms with E-state index in [2.05, 4.69) is 0 Å². The molecule has 0 aromatic heterocycles. The van der Waals surface area contributed by atoms with Crippen LogP contribution in [0.15, 0.2) is 12.1 Å². The van der Waals surface area contributed by atoms with Crippen molar-refractivity contribution >= 4 is 7.12 Å². The third kappa shape index (κ3) is 4.04. The average molecular weight is 399 g/mol. The molecule has 1 aliphatic rings. The summed E-state index contributed by atoms with van der Waals surface area (Å²) in [4.78, 5) is 0. The molecule has 0 aliphatic carbocycles. The largest absolute Gasteiger partial charge is 0.496 e. The minimum Gasteiger partial charge on any atom is -0.496 e. The molecule has 1 atom stereocenters. The first-order chi connectivity index (χ1) is 12.0. The van der Waals surface area contributed by atoms with Gasteiger partial charge in [0.05, 0.1) is 35.4 Å². The summed E-state index contributed by atoms with van der Waals surface area (Å²) in [6.45, 7) is 6.70. The number of benzene rings is 1. The molecule has 1 heterocycles. The molecule has 152 valence electrons. The van der Waals surface area contributed by atoms with Gasteiger partial charge in [0.15, 0.2) is 0 Å². The van der Waals surface area contributed by atoms with Gasteiger partial charge in [0.1, 0.15) is 5.75 Å². The average Bonchev–Trinajstić information content (AvgIpc) is 2.71. The molecule has 11 heteroatoms. The molecule has 0 amide bonds. The zero-order valence-corrected chi connectivity index (χ0v) is 15.4. The number of rotatable bonds is 3. The van der Waals surface area contributed by atoms with Gasteiger partial charge in [-0.1, -0.05) is 0 Å². The van der Waals surface area contributed by atoms with Gasteiger partial charge in [0.25, 0.3) is 0 Å². The second-order valence-electron chi connectivity index (χ2n) is 7.29. The normalized spacial score (nSPS) is 20.7. The Morgan fingerprint density at radius 3 is 1.81 bits per heavy atom. The van der Waals surface area contributed by atoms with E-state index in [0.717, 1.165) is 7.11 Å². The number of hydrogen-bond donors (Lipinski definition) is 1. The molecule has 2 N–H and O–H groups in total. The van der Waals surface area contributed by atoms with Gasteiger partial charge in [-0.2, -0.15) is 26.3 Å². The first-order valence-electron chi connectivity index (χ1n) is 7.99. The van der Waals surface area contributed by atoms with Crippen LogP contribution in [0.3, 0.4) is 0 Å². The topological polar surface area (TPSA) is 53.7 Å². The molecule has 0 unspecified atom stereocenters. The van der Waals surface area contributed by atoms with Gasteiger partial charge in [-0.3, -0.25) is 0 Å². The Morgan fingerprint density at radius 1 is 0.963 bits per heavy atom. The smallest absolute Gasteiger partial charge is 0.480 e. The Kier molecular flexibility index (Phi) is 5.31. The summed E-state index contributed by atoms with van der Waals surface area (Å²) < 4.78 is 95.7. The first-order valence-corrected chi connectivity index (χ1v) is 7.99. The fourth-order valence-electron chi connectivity index (χ4n) is 2.71. The number of ether oxygens (including phenoxy) is 1. The van der Waals surface area contributed by atoms with Crippen LogP contribution in [0.1, 0.15) is 50.3 Å². The molecule has 1 aromatic carbocycles. The van der Waals surface area contributed by atoms with Gasteiger partial charge in [-0.25, -0.2) is 0 Å². The Hall–Kier alpha value is -1.46. The van der Waals surface area contributed by atoms with Crippen LogP contribution in [0, 0.1) is 0 Å². The van der Waals surface area contributed by atoms with Crippen molar-refractivity contribution in [3.8, 4) is 5.75 Å². The molecule has 27 heavy (non-hydrogen) atoms. The van der Waals surface area contributed by atoms with Gasteiger partial charge in [-0.15, -0.1) is 0 Å². The summed E-state index contributed by atoms with van der Waals surface area (Å²) in [5.41, 5.74) is 0.510. The van der Waals surface area contributed by atoms with E-state index in [9.17, 15) is 26.3 Å². The lowest BCUT2D eigenvalue weighted by molar-refractivity contribution is -0.143. The van der Waals surface area contributed by atoms with Crippen LogP contribution in [-0.2, 0) is 21.7 Å². The van der Waals surface area contributed by atoms with Crippen molar-refractivity contribution in [1.29, 1.82) is 0 Å². The highest BCUT2D eigenvalue weighted by Crippen LogP contribution is 2.46. The summed E-state index contributed by atoms with van der Waals surface area (Å²) in [7, 11) is -0.336. The highest BCUT2D eigenvalue weighted by Gasteiger charge is 2.55. The monoisotopic (exact) mass is 399 g/mol. The third-order valence-electron chi connectivity index (χ3n) is 4.89. The molecule has 0 bridgehead atoms. The van der Waals surface area contributed by atoms with Crippen LogP contribution in [0.4, 0.5) is 26.3 Å². The van der Waals surface area contributed by atoms with Crippen molar-refractivity contribution < 1.29 is 40.4 Å². The van der Waals surface area contributed by atoms with Gasteiger partial charge < -0.3 is 19.8 Å². The number of halogens is 6. The molecule has 0 saturated carbocycles. The minimum absolute atomic E-state index is 0.0168. The quantitative estimate of drug-likeness (QED) is 0.606. The van der Waals surface area contributed by atoms with E-state index in [0.29, 0.717) is 6.07 Å². The zero-order chi connectivity index (χ0) is 21.0. The van der Waals surface area contributed by atoms with E-state index >= 15 is 0 Å². The first kappa shape index (κ1) is 21.8. The molecule has 0 spiro atoms. The fraction of sp³-hybridized carbons (Fsp3) is 0.625. The maximum atomic E-state index is 13.5. The van der Waals surface area contributed by atoms with Crippen LogP contribution in [0.5, 0.6) is 5.75 Å². The Bertz CT molecular complexity index is 701. The molecule has 1 fully saturated rings. The maximum absolute atomic E-state index is 13.5. The zero-order valence-electron chi connectivity index (χ0n) is 15.4. The Morgan fingerprint density at radius 2 is 1.44 bits per heavy atom. The van der Waals surface area contributed by atoms with Crippen molar-refractivity contribution in [1.82, 2.24) is 0 Å². The fourth-order valence-corrected chi connectivity index (χ4v) is 2.71. The van der Waals surface area contributed by atoms with Crippen LogP contribution in [0.25, 0.3) is 0 Å². The van der Waals surface area contributed by atoms with Crippen molar-refractivity contribution in [3.63, 3.8) is 0 Å². The lowest BCUT2D eigenvalue weighted by Gasteiger charge is -2.32. The van der Waals surface area contributed by atoms with Crippen LogP contribution >= 0.6 is 0 Å². The van der Waals surface area contributed by atoms with E-state index in [1.165, 1.54) is 0 Å². The van der Waals surface area contributed by atoms with Crippen molar-refractivity contribution in [2.45, 2.75) is 57.2 Å². The molecular weight excluding hydrogens is 379 g/mol. The summed E-state index contributed by atoms with van der Waals surface area (Å²) in [6, 6.07) is 0.499. The van der Waals surface area contributed by atoms with E-state index in [1.807, 2.05) is 0 Å². The van der Waals surface area contributed by atoms with E-state index in [1.54, 1.807) is 27.7 Å². The number of alkyl halides is 6. The van der Waals surface area contributed by atoms with Crippen molar-refractivity contribution in [2.24, 2.45) is 5.73 Å². The molecule has 1 aromatic rings. The summed E-state index contributed by atoms with van der Waals surface area (Å²) >= 11 is 0. The lowest BCUT2D eigenvalue weighted by Crippen LogP contribution is -2.41. The molecule has 1 saturated heterocycles. The van der Waals surface area contributed by atoms with Gasteiger partial charge in [0, 0.05) is 5.56 Å². The molecule has 4 nitrogen and oxygen atoms in total.